The fourth-order valence-corrected chi connectivity index (χ4v) is 3.50. The van der Waals surface area contributed by atoms with Crippen molar-refractivity contribution in [2.24, 2.45) is 5.10 Å². The van der Waals surface area contributed by atoms with Crippen molar-refractivity contribution in [2.45, 2.75) is 31.7 Å². The van der Waals surface area contributed by atoms with Gasteiger partial charge in [-0.25, -0.2) is 14.4 Å². The normalized spacial score (nSPS) is 14.8. The molecular weight excluding hydrogens is 355 g/mol. The van der Waals surface area contributed by atoms with Gasteiger partial charge in [0.25, 0.3) is 0 Å². The number of nitrogens with one attached hydrogen (secondary N) is 2. The molecule has 142 valence electrons. The number of halogens is 1. The minimum absolute atomic E-state index is 0.301. The summed E-state index contributed by atoms with van der Waals surface area (Å²) in [6, 6.07) is 9.00. The van der Waals surface area contributed by atoms with Crippen LogP contribution < -0.4 is 10.7 Å². The zero-order valence-corrected chi connectivity index (χ0v) is 15.6. The molecule has 1 saturated carbocycles. The van der Waals surface area contributed by atoms with Gasteiger partial charge in [0.1, 0.15) is 11.5 Å². The second-order valence-electron chi connectivity index (χ2n) is 6.99. The minimum Gasteiger partial charge on any atom is -0.343 e. The van der Waals surface area contributed by atoms with Gasteiger partial charge in [-0.15, -0.1) is 0 Å². The lowest BCUT2D eigenvalue weighted by Gasteiger charge is -2.42. The molecule has 0 amide bonds. The molecule has 1 aliphatic rings. The van der Waals surface area contributed by atoms with Crippen molar-refractivity contribution in [3.63, 3.8) is 0 Å². The van der Waals surface area contributed by atoms with Gasteiger partial charge < -0.3 is 5.32 Å². The Morgan fingerprint density at radius 2 is 1.89 bits per heavy atom. The van der Waals surface area contributed by atoms with Crippen LogP contribution in [0.5, 0.6) is 0 Å². The fourth-order valence-electron chi connectivity index (χ4n) is 3.50. The maximum absolute atomic E-state index is 14.3. The molecule has 2 aromatic heterocycles. The summed E-state index contributed by atoms with van der Waals surface area (Å²) in [5.74, 6) is 0.170. The lowest BCUT2D eigenvalue weighted by molar-refractivity contribution is 0.264. The average Bonchev–Trinajstić information content (AvgIpc) is 2.68. The Balaban J connectivity index is 1.56. The van der Waals surface area contributed by atoms with E-state index < -0.39 is 5.54 Å². The second-order valence-corrected chi connectivity index (χ2v) is 6.99. The van der Waals surface area contributed by atoms with Crippen LogP contribution in [0, 0.1) is 12.7 Å². The van der Waals surface area contributed by atoms with Crippen LogP contribution >= 0.6 is 0 Å². The molecule has 1 aliphatic carbocycles. The number of pyridine rings is 1. The molecule has 4 rings (SSSR count). The topological polar surface area (TPSA) is 75.1 Å². The van der Waals surface area contributed by atoms with E-state index in [0.717, 1.165) is 41.6 Å². The van der Waals surface area contributed by atoms with Gasteiger partial charge in [-0.1, -0.05) is 6.07 Å². The van der Waals surface area contributed by atoms with Gasteiger partial charge in [0, 0.05) is 30.9 Å². The predicted molar refractivity (Wildman–Crippen MR) is 109 cm³/mol. The monoisotopic (exact) mass is 376 g/mol. The van der Waals surface area contributed by atoms with Crippen LogP contribution in [0.1, 0.15) is 30.5 Å². The summed E-state index contributed by atoms with van der Waals surface area (Å²) in [5.41, 5.74) is 6.62. The molecule has 0 bridgehead atoms. The molecule has 6 nitrogen and oxygen atoms in total. The number of nitrogens with zero attached hydrogens (tertiary/aromatic N) is 4. The third-order valence-corrected chi connectivity index (χ3v) is 5.18. The Kier molecular flexibility index (Phi) is 4.73. The summed E-state index contributed by atoms with van der Waals surface area (Å²) in [7, 11) is 0. The van der Waals surface area contributed by atoms with Crippen LogP contribution in [0.25, 0.3) is 11.1 Å². The van der Waals surface area contributed by atoms with Gasteiger partial charge in [-0.2, -0.15) is 5.10 Å². The third-order valence-electron chi connectivity index (χ3n) is 5.18. The van der Waals surface area contributed by atoms with E-state index in [1.165, 1.54) is 6.07 Å². The lowest BCUT2D eigenvalue weighted by Crippen LogP contribution is -2.44. The molecule has 0 saturated heterocycles. The van der Waals surface area contributed by atoms with Crippen molar-refractivity contribution in [1.82, 2.24) is 15.0 Å². The van der Waals surface area contributed by atoms with Gasteiger partial charge >= 0.3 is 0 Å². The van der Waals surface area contributed by atoms with Gasteiger partial charge in [-0.05, 0) is 61.6 Å². The molecule has 0 atom stereocenters. The van der Waals surface area contributed by atoms with Crippen molar-refractivity contribution in [2.75, 3.05) is 10.7 Å². The first kappa shape index (κ1) is 18.0. The van der Waals surface area contributed by atoms with Crippen LogP contribution in [0.4, 0.5) is 16.0 Å². The van der Waals surface area contributed by atoms with Crippen LogP contribution in [0.3, 0.4) is 0 Å². The van der Waals surface area contributed by atoms with E-state index in [1.807, 2.05) is 25.1 Å². The Morgan fingerprint density at radius 1 is 1.11 bits per heavy atom. The van der Waals surface area contributed by atoms with Crippen LogP contribution in [-0.4, -0.2) is 21.7 Å². The third kappa shape index (κ3) is 3.31. The Labute approximate surface area is 163 Å². The van der Waals surface area contributed by atoms with Crippen molar-refractivity contribution < 1.29 is 4.39 Å². The zero-order valence-electron chi connectivity index (χ0n) is 15.6. The zero-order chi connectivity index (χ0) is 19.6. The lowest BCUT2D eigenvalue weighted by atomic mass is 9.74. The fraction of sp³-hybridized carbons (Fsp3) is 0.238. The van der Waals surface area contributed by atoms with E-state index in [9.17, 15) is 4.39 Å². The summed E-state index contributed by atoms with van der Waals surface area (Å²) < 4.78 is 14.3. The summed E-state index contributed by atoms with van der Waals surface area (Å²) in [6.07, 6.45) is 7.77. The van der Waals surface area contributed by atoms with E-state index in [1.54, 1.807) is 24.7 Å². The first-order valence-electron chi connectivity index (χ1n) is 9.15. The number of aromatic nitrogens is 3. The van der Waals surface area contributed by atoms with Gasteiger partial charge in [0.2, 0.25) is 5.95 Å². The van der Waals surface area contributed by atoms with Crippen molar-refractivity contribution in [1.29, 1.82) is 0 Å². The summed E-state index contributed by atoms with van der Waals surface area (Å²) in [5, 5.41) is 7.01. The van der Waals surface area contributed by atoms with E-state index in [-0.39, 0.29) is 5.82 Å². The van der Waals surface area contributed by atoms with Crippen molar-refractivity contribution in [3.05, 3.63) is 66.0 Å². The molecular formula is C21H21FN6. The van der Waals surface area contributed by atoms with Crippen LogP contribution in [0.2, 0.25) is 0 Å². The standard InChI is InChI=1S/C21H21FN6/c1-14-11-15(6-7-18(14)28-23-2)16-12-25-20(26-13-16)27-21(8-4-9-21)19-17(22)5-3-10-24-19/h3,5-7,10-13,28H,2,4,8-9H2,1H3,(H,25,26,27). The quantitative estimate of drug-likeness (QED) is 0.489. The van der Waals surface area contributed by atoms with Gasteiger partial charge in [0.05, 0.1) is 11.2 Å². The van der Waals surface area contributed by atoms with E-state index in [4.69, 9.17) is 0 Å². The highest BCUT2D eigenvalue weighted by atomic mass is 19.1. The Bertz CT molecular complexity index is 998. The number of hydrogen-bond donors (Lipinski definition) is 2. The number of anilines is 2. The van der Waals surface area contributed by atoms with Crippen molar-refractivity contribution in [3.8, 4) is 11.1 Å². The first-order valence-corrected chi connectivity index (χ1v) is 9.15. The number of aryl methyl sites for hydroxylation is 1. The highest BCUT2D eigenvalue weighted by molar-refractivity contribution is 5.67. The van der Waals surface area contributed by atoms with Crippen LogP contribution in [0.15, 0.2) is 54.0 Å². The largest absolute Gasteiger partial charge is 0.343 e. The molecule has 7 heteroatoms. The molecule has 0 spiro atoms. The summed E-state index contributed by atoms with van der Waals surface area (Å²) in [4.78, 5) is 13.2. The highest BCUT2D eigenvalue weighted by Crippen LogP contribution is 2.43. The predicted octanol–water partition coefficient (Wildman–Crippen LogP) is 4.50. The molecule has 1 aromatic carbocycles. The van der Waals surface area contributed by atoms with E-state index >= 15 is 0 Å². The van der Waals surface area contributed by atoms with Gasteiger partial charge in [0.15, 0.2) is 0 Å². The molecule has 0 unspecified atom stereocenters. The smallest absolute Gasteiger partial charge is 0.223 e. The Morgan fingerprint density at radius 3 is 2.50 bits per heavy atom. The molecule has 2 heterocycles. The maximum Gasteiger partial charge on any atom is 0.223 e. The highest BCUT2D eigenvalue weighted by Gasteiger charge is 2.42. The average molecular weight is 376 g/mol. The maximum atomic E-state index is 14.3. The molecule has 0 aliphatic heterocycles. The van der Waals surface area contributed by atoms with Crippen molar-refractivity contribution >= 4 is 18.4 Å². The molecule has 2 N–H and O–H groups in total. The molecule has 0 radical (unpaired) electrons. The Hall–Kier alpha value is -3.35. The summed E-state index contributed by atoms with van der Waals surface area (Å²) in [6.45, 7) is 5.44. The molecule has 1 fully saturated rings. The SMILES string of the molecule is C=NNc1ccc(-c2cnc(NC3(c4ncccc4F)CCC3)nc2)cc1C. The number of rotatable bonds is 6. The molecule has 28 heavy (non-hydrogen) atoms. The first-order chi connectivity index (χ1) is 13.6. The molecule has 3 aromatic rings. The number of hydrazone groups is 1. The summed E-state index contributed by atoms with van der Waals surface area (Å²) >= 11 is 0. The minimum atomic E-state index is -0.533. The van der Waals surface area contributed by atoms with E-state index in [2.05, 4.69) is 37.5 Å². The second kappa shape index (κ2) is 7.34. The van der Waals surface area contributed by atoms with E-state index in [0.29, 0.717) is 11.6 Å². The van der Waals surface area contributed by atoms with Crippen LogP contribution in [-0.2, 0) is 5.54 Å². The number of hydrogen-bond acceptors (Lipinski definition) is 6. The number of benzene rings is 1. The van der Waals surface area contributed by atoms with Gasteiger partial charge in [-0.3, -0.25) is 10.4 Å².